The second kappa shape index (κ2) is 5.26. The Balaban J connectivity index is 3.19. The van der Waals surface area contributed by atoms with Crippen LogP contribution in [0.4, 0.5) is 0 Å². The van der Waals surface area contributed by atoms with E-state index in [1.165, 1.54) is 0 Å². The van der Waals surface area contributed by atoms with Gasteiger partial charge in [-0.15, -0.1) is 11.6 Å². The molecule has 0 saturated carbocycles. The van der Waals surface area contributed by atoms with Crippen LogP contribution >= 0.6 is 11.6 Å². The van der Waals surface area contributed by atoms with E-state index in [9.17, 15) is 0 Å². The van der Waals surface area contributed by atoms with Gasteiger partial charge in [-0.25, -0.2) is 0 Å². The summed E-state index contributed by atoms with van der Waals surface area (Å²) >= 11 is 6.22. The van der Waals surface area contributed by atoms with Crippen LogP contribution in [0, 0.1) is 6.92 Å². The Morgan fingerprint density at radius 1 is 1.20 bits per heavy atom. The van der Waals surface area contributed by atoms with Gasteiger partial charge in [0.2, 0.25) is 0 Å². The molecular weight excluding hydrogens is 212 g/mol. The minimum absolute atomic E-state index is 0.0322. The van der Waals surface area contributed by atoms with Crippen molar-refractivity contribution in [3.05, 3.63) is 23.3 Å². The fraction of sp³-hybridized carbons (Fsp3) is 0.500. The lowest BCUT2D eigenvalue weighted by Crippen LogP contribution is -1.97. The molecule has 84 valence electrons. The number of hydrogen-bond acceptors (Lipinski definition) is 2. The predicted octanol–water partition coefficient (Wildman–Crippen LogP) is 3.70. The van der Waals surface area contributed by atoms with Crippen molar-refractivity contribution in [3.63, 3.8) is 0 Å². The fourth-order valence-electron chi connectivity index (χ4n) is 1.55. The number of methoxy groups -OCH3 is 2. The Morgan fingerprint density at radius 3 is 2.20 bits per heavy atom. The third kappa shape index (κ3) is 2.57. The van der Waals surface area contributed by atoms with Crippen LogP contribution in [-0.4, -0.2) is 14.2 Å². The monoisotopic (exact) mass is 228 g/mol. The molecule has 0 saturated heterocycles. The summed E-state index contributed by atoms with van der Waals surface area (Å²) in [7, 11) is 3.26. The lowest BCUT2D eigenvalue weighted by atomic mass is 10.0. The van der Waals surface area contributed by atoms with Gasteiger partial charge in [0.05, 0.1) is 19.6 Å². The van der Waals surface area contributed by atoms with Crippen molar-refractivity contribution in [1.29, 1.82) is 0 Å². The fourth-order valence-corrected chi connectivity index (χ4v) is 1.79. The first-order valence-electron chi connectivity index (χ1n) is 5.00. The first-order chi connectivity index (χ1) is 7.13. The number of benzene rings is 1. The molecule has 3 heteroatoms. The van der Waals surface area contributed by atoms with Gasteiger partial charge in [0.25, 0.3) is 0 Å². The molecule has 0 heterocycles. The van der Waals surface area contributed by atoms with Crippen LogP contribution in [0.5, 0.6) is 11.5 Å². The summed E-state index contributed by atoms with van der Waals surface area (Å²) in [6.45, 7) is 4.09. The van der Waals surface area contributed by atoms with E-state index in [0.717, 1.165) is 29.0 Å². The highest BCUT2D eigenvalue weighted by Crippen LogP contribution is 2.35. The molecule has 0 amide bonds. The molecule has 0 fully saturated rings. The summed E-state index contributed by atoms with van der Waals surface area (Å²) in [5, 5.41) is 0.0322. The largest absolute Gasteiger partial charge is 0.493 e. The van der Waals surface area contributed by atoms with E-state index in [1.54, 1.807) is 14.2 Å². The van der Waals surface area contributed by atoms with E-state index in [2.05, 4.69) is 6.92 Å². The van der Waals surface area contributed by atoms with Crippen molar-refractivity contribution >= 4 is 11.6 Å². The summed E-state index contributed by atoms with van der Waals surface area (Å²) in [6, 6.07) is 3.91. The summed E-state index contributed by atoms with van der Waals surface area (Å²) in [6.07, 6.45) is 0.901. The second-order valence-corrected chi connectivity index (χ2v) is 3.97. The molecule has 0 bridgehead atoms. The van der Waals surface area contributed by atoms with Crippen molar-refractivity contribution in [2.75, 3.05) is 14.2 Å². The van der Waals surface area contributed by atoms with Crippen LogP contribution in [0.1, 0.15) is 29.8 Å². The van der Waals surface area contributed by atoms with E-state index >= 15 is 0 Å². The minimum Gasteiger partial charge on any atom is -0.493 e. The molecule has 1 atom stereocenters. The van der Waals surface area contributed by atoms with Crippen molar-refractivity contribution in [1.82, 2.24) is 0 Å². The molecule has 0 aliphatic heterocycles. The van der Waals surface area contributed by atoms with Gasteiger partial charge in [0.1, 0.15) is 0 Å². The van der Waals surface area contributed by atoms with Gasteiger partial charge in [-0.2, -0.15) is 0 Å². The van der Waals surface area contributed by atoms with Crippen molar-refractivity contribution < 1.29 is 9.47 Å². The first kappa shape index (κ1) is 12.2. The molecule has 15 heavy (non-hydrogen) atoms. The van der Waals surface area contributed by atoms with Crippen molar-refractivity contribution in [3.8, 4) is 11.5 Å². The molecule has 0 spiro atoms. The third-order valence-electron chi connectivity index (χ3n) is 2.47. The van der Waals surface area contributed by atoms with E-state index in [1.807, 2.05) is 19.1 Å². The van der Waals surface area contributed by atoms with Gasteiger partial charge in [0.15, 0.2) is 11.5 Å². The topological polar surface area (TPSA) is 18.5 Å². The van der Waals surface area contributed by atoms with Crippen LogP contribution in [0.15, 0.2) is 12.1 Å². The third-order valence-corrected chi connectivity index (χ3v) is 3.01. The molecular formula is C12H17ClO2. The molecule has 2 nitrogen and oxygen atoms in total. The molecule has 1 rings (SSSR count). The zero-order valence-corrected chi connectivity index (χ0v) is 10.4. The molecule has 0 N–H and O–H groups in total. The van der Waals surface area contributed by atoms with Gasteiger partial charge in [-0.3, -0.25) is 0 Å². The molecule has 1 aromatic rings. The van der Waals surface area contributed by atoms with Crippen molar-refractivity contribution in [2.24, 2.45) is 0 Å². The maximum absolute atomic E-state index is 6.22. The van der Waals surface area contributed by atoms with Gasteiger partial charge in [-0.1, -0.05) is 6.92 Å². The second-order valence-electron chi connectivity index (χ2n) is 3.44. The van der Waals surface area contributed by atoms with Crippen LogP contribution in [0.25, 0.3) is 0 Å². The van der Waals surface area contributed by atoms with Crippen LogP contribution in [-0.2, 0) is 0 Å². The summed E-state index contributed by atoms with van der Waals surface area (Å²) in [4.78, 5) is 0. The molecule has 0 radical (unpaired) electrons. The zero-order chi connectivity index (χ0) is 11.4. The highest BCUT2D eigenvalue weighted by atomic mass is 35.5. The smallest absolute Gasteiger partial charge is 0.161 e. The Hall–Kier alpha value is -0.890. The highest BCUT2D eigenvalue weighted by molar-refractivity contribution is 6.20. The van der Waals surface area contributed by atoms with Gasteiger partial charge in [-0.05, 0) is 36.6 Å². The zero-order valence-electron chi connectivity index (χ0n) is 9.63. The number of hydrogen-bond donors (Lipinski definition) is 0. The molecule has 1 unspecified atom stereocenters. The summed E-state index contributed by atoms with van der Waals surface area (Å²) < 4.78 is 10.5. The first-order valence-corrected chi connectivity index (χ1v) is 5.44. The van der Waals surface area contributed by atoms with E-state index in [-0.39, 0.29) is 5.38 Å². The molecule has 0 aliphatic rings. The Bertz CT molecular complexity index is 337. The lowest BCUT2D eigenvalue weighted by molar-refractivity contribution is 0.354. The highest BCUT2D eigenvalue weighted by Gasteiger charge is 2.13. The van der Waals surface area contributed by atoms with Gasteiger partial charge in [0, 0.05) is 0 Å². The molecule has 0 aliphatic carbocycles. The van der Waals surface area contributed by atoms with E-state index < -0.39 is 0 Å². The predicted molar refractivity (Wildman–Crippen MR) is 63.2 cm³/mol. The maximum atomic E-state index is 6.22. The van der Waals surface area contributed by atoms with E-state index in [0.29, 0.717) is 0 Å². The molecule has 1 aromatic carbocycles. The number of aryl methyl sites for hydroxylation is 1. The summed E-state index contributed by atoms with van der Waals surface area (Å²) in [5.74, 6) is 1.48. The minimum atomic E-state index is 0.0322. The average molecular weight is 229 g/mol. The van der Waals surface area contributed by atoms with Crippen LogP contribution in [0.2, 0.25) is 0 Å². The van der Waals surface area contributed by atoms with Crippen LogP contribution < -0.4 is 9.47 Å². The number of halogens is 1. The van der Waals surface area contributed by atoms with Crippen molar-refractivity contribution in [2.45, 2.75) is 25.6 Å². The Labute approximate surface area is 96.2 Å². The number of alkyl halides is 1. The summed E-state index contributed by atoms with van der Waals surface area (Å²) in [5.41, 5.74) is 2.24. The van der Waals surface area contributed by atoms with Crippen LogP contribution in [0.3, 0.4) is 0 Å². The van der Waals surface area contributed by atoms with Gasteiger partial charge >= 0.3 is 0 Å². The SMILES string of the molecule is CCC(Cl)c1cc(OC)c(OC)cc1C. The normalized spacial score (nSPS) is 12.3. The van der Waals surface area contributed by atoms with E-state index in [4.69, 9.17) is 21.1 Å². The van der Waals surface area contributed by atoms with Gasteiger partial charge < -0.3 is 9.47 Å². The Kier molecular flexibility index (Phi) is 4.28. The quantitative estimate of drug-likeness (QED) is 0.732. The number of ether oxygens (including phenoxy) is 2. The standard InChI is InChI=1S/C12H17ClO2/c1-5-10(13)9-7-12(15-4)11(14-3)6-8(9)2/h6-7,10H,5H2,1-4H3. The average Bonchev–Trinajstić information content (AvgIpc) is 2.27. The Morgan fingerprint density at radius 2 is 1.73 bits per heavy atom. The lowest BCUT2D eigenvalue weighted by Gasteiger charge is -2.15. The number of rotatable bonds is 4. The molecule has 0 aromatic heterocycles. The maximum Gasteiger partial charge on any atom is 0.161 e.